The van der Waals surface area contributed by atoms with E-state index in [2.05, 4.69) is 85.1 Å². The number of fused-ring (bicyclic) bond motifs is 2. The zero-order valence-electron chi connectivity index (χ0n) is 16.6. The summed E-state index contributed by atoms with van der Waals surface area (Å²) >= 11 is 0. The van der Waals surface area contributed by atoms with E-state index in [1.807, 2.05) is 12.1 Å². The number of aromatic nitrogens is 1. The number of aryl methyl sites for hydroxylation is 2. The third-order valence-electron chi connectivity index (χ3n) is 5.54. The molecule has 0 N–H and O–H groups in total. The molecule has 138 valence electrons. The van der Waals surface area contributed by atoms with Crippen molar-refractivity contribution in [2.45, 2.75) is 19.8 Å². The average molecular weight is 359 g/mol. The van der Waals surface area contributed by atoms with E-state index in [-0.39, 0.29) is 0 Å². The van der Waals surface area contributed by atoms with Gasteiger partial charge in [0, 0.05) is 43.8 Å². The van der Waals surface area contributed by atoms with Gasteiger partial charge in [0.05, 0.1) is 5.69 Å². The summed E-state index contributed by atoms with van der Waals surface area (Å²) in [5.74, 6) is 0. The molecule has 0 saturated heterocycles. The summed E-state index contributed by atoms with van der Waals surface area (Å²) in [7, 11) is 6.30. The van der Waals surface area contributed by atoms with Crippen molar-refractivity contribution in [2.24, 2.45) is 12.1 Å². The molecule has 0 aliphatic carbocycles. The summed E-state index contributed by atoms with van der Waals surface area (Å²) in [5.41, 5.74) is 7.23. The molecular weight excluding hydrogens is 332 g/mol. The number of nitrogens with zero attached hydrogens (tertiary/aromatic N) is 4. The van der Waals surface area contributed by atoms with Gasteiger partial charge in [0.1, 0.15) is 12.8 Å². The minimum Gasteiger partial charge on any atom is -0.374 e. The second kappa shape index (κ2) is 7.03. The molecule has 1 aliphatic rings. The summed E-state index contributed by atoms with van der Waals surface area (Å²) in [4.78, 5) is 2.34. The van der Waals surface area contributed by atoms with E-state index < -0.39 is 0 Å². The Balaban J connectivity index is 1.66. The van der Waals surface area contributed by atoms with E-state index in [1.54, 1.807) is 0 Å². The van der Waals surface area contributed by atoms with Crippen molar-refractivity contribution in [1.82, 2.24) is 0 Å². The molecule has 3 aromatic rings. The number of pyridine rings is 1. The maximum absolute atomic E-state index is 4.87. The minimum absolute atomic E-state index is 1.00. The van der Waals surface area contributed by atoms with Crippen molar-refractivity contribution in [3.05, 3.63) is 65.9 Å². The summed E-state index contributed by atoms with van der Waals surface area (Å²) in [6, 6.07) is 19.4. The average Bonchev–Trinajstić information content (AvgIpc) is 2.68. The molecular formula is C23H27N4+. The third-order valence-corrected chi connectivity index (χ3v) is 5.54. The van der Waals surface area contributed by atoms with Gasteiger partial charge in [-0.15, -0.1) is 0 Å². The van der Waals surface area contributed by atoms with Crippen LogP contribution >= 0.6 is 0 Å². The van der Waals surface area contributed by atoms with Gasteiger partial charge in [0.25, 0.3) is 0 Å². The molecule has 1 aromatic heterocycles. The van der Waals surface area contributed by atoms with Crippen molar-refractivity contribution < 1.29 is 4.57 Å². The maximum atomic E-state index is 4.87. The third kappa shape index (κ3) is 3.27. The highest BCUT2D eigenvalue weighted by atomic mass is 15.4. The van der Waals surface area contributed by atoms with Crippen molar-refractivity contribution in [3.63, 3.8) is 0 Å². The molecule has 2 aromatic carbocycles. The Morgan fingerprint density at radius 2 is 1.93 bits per heavy atom. The van der Waals surface area contributed by atoms with Crippen LogP contribution in [0.2, 0.25) is 0 Å². The first kappa shape index (κ1) is 17.5. The fraction of sp³-hybridized carbons (Fsp3) is 0.304. The Bertz CT molecular complexity index is 1020. The Morgan fingerprint density at radius 3 is 2.78 bits per heavy atom. The normalized spacial score (nSPS) is 14.4. The first-order valence-electron chi connectivity index (χ1n) is 9.56. The largest absolute Gasteiger partial charge is 0.374 e. The Kier molecular flexibility index (Phi) is 4.56. The molecule has 4 heteroatoms. The summed E-state index contributed by atoms with van der Waals surface area (Å²) in [6.45, 7) is 3.21. The summed E-state index contributed by atoms with van der Waals surface area (Å²) in [5, 5.41) is 8.09. The first-order valence-corrected chi connectivity index (χ1v) is 9.56. The topological polar surface area (TPSA) is 22.7 Å². The molecule has 0 amide bonds. The molecule has 1 aliphatic heterocycles. The predicted octanol–water partition coefficient (Wildman–Crippen LogP) is 3.91. The fourth-order valence-electron chi connectivity index (χ4n) is 4.01. The van der Waals surface area contributed by atoms with Gasteiger partial charge in [-0.3, -0.25) is 5.01 Å². The maximum Gasteiger partial charge on any atom is 0.228 e. The Labute approximate surface area is 161 Å². The lowest BCUT2D eigenvalue weighted by molar-refractivity contribution is -0.646. The molecule has 4 rings (SSSR count). The standard InChI is InChI=1S/C23H27N4/c1-17(21-13-11-18-8-5-6-10-23(18)26(21)3)24-27(4)20-12-14-22-19(16-20)9-7-15-25(22)2/h5-6,8,10-14,16H,7,9,15H2,1-4H3/q+1. The van der Waals surface area contributed by atoms with Crippen LogP contribution in [0.4, 0.5) is 11.4 Å². The van der Waals surface area contributed by atoms with Crippen molar-refractivity contribution in [2.75, 3.05) is 30.5 Å². The minimum atomic E-state index is 1.00. The van der Waals surface area contributed by atoms with Crippen molar-refractivity contribution in [3.8, 4) is 0 Å². The van der Waals surface area contributed by atoms with Crippen LogP contribution in [-0.4, -0.2) is 26.4 Å². The zero-order chi connectivity index (χ0) is 19.0. The molecule has 0 fully saturated rings. The molecule has 0 saturated carbocycles. The molecule has 0 radical (unpaired) electrons. The lowest BCUT2D eigenvalue weighted by atomic mass is 10.0. The molecule has 27 heavy (non-hydrogen) atoms. The van der Waals surface area contributed by atoms with Crippen LogP contribution in [-0.2, 0) is 13.5 Å². The van der Waals surface area contributed by atoms with E-state index in [0.29, 0.717) is 0 Å². The van der Waals surface area contributed by atoms with Crippen LogP contribution in [0.25, 0.3) is 10.9 Å². The highest BCUT2D eigenvalue weighted by Crippen LogP contribution is 2.29. The van der Waals surface area contributed by atoms with Crippen LogP contribution in [0.5, 0.6) is 0 Å². The molecule has 0 bridgehead atoms. The number of hydrogen-bond donors (Lipinski definition) is 0. The Hall–Kier alpha value is -2.88. The lowest BCUT2D eigenvalue weighted by Gasteiger charge is -2.28. The second-order valence-electron chi connectivity index (χ2n) is 7.38. The molecule has 4 nitrogen and oxygen atoms in total. The number of benzene rings is 2. The van der Waals surface area contributed by atoms with Crippen LogP contribution in [0.15, 0.2) is 59.7 Å². The van der Waals surface area contributed by atoms with Crippen molar-refractivity contribution >= 4 is 28.0 Å². The molecule has 0 unspecified atom stereocenters. The lowest BCUT2D eigenvalue weighted by Crippen LogP contribution is -2.37. The van der Waals surface area contributed by atoms with Gasteiger partial charge in [-0.2, -0.15) is 9.67 Å². The summed E-state index contributed by atoms with van der Waals surface area (Å²) in [6.07, 6.45) is 2.36. The van der Waals surface area contributed by atoms with Crippen LogP contribution in [0.3, 0.4) is 0 Å². The van der Waals surface area contributed by atoms with Gasteiger partial charge in [0.15, 0.2) is 0 Å². The second-order valence-corrected chi connectivity index (χ2v) is 7.38. The highest BCUT2D eigenvalue weighted by Gasteiger charge is 2.17. The number of hydrazone groups is 1. The van der Waals surface area contributed by atoms with Gasteiger partial charge in [-0.05, 0) is 55.7 Å². The molecule has 0 atom stereocenters. The van der Waals surface area contributed by atoms with Gasteiger partial charge >= 0.3 is 0 Å². The van der Waals surface area contributed by atoms with Crippen LogP contribution in [0.1, 0.15) is 24.6 Å². The van der Waals surface area contributed by atoms with Gasteiger partial charge in [-0.25, -0.2) is 0 Å². The molecule has 0 spiro atoms. The first-order chi connectivity index (χ1) is 13.0. The quantitative estimate of drug-likeness (QED) is 0.402. The van der Waals surface area contributed by atoms with Gasteiger partial charge in [0.2, 0.25) is 11.2 Å². The van der Waals surface area contributed by atoms with Crippen LogP contribution in [0, 0.1) is 0 Å². The highest BCUT2D eigenvalue weighted by molar-refractivity contribution is 5.97. The Morgan fingerprint density at radius 1 is 1.11 bits per heavy atom. The predicted molar refractivity (Wildman–Crippen MR) is 114 cm³/mol. The van der Waals surface area contributed by atoms with Crippen LogP contribution < -0.4 is 14.5 Å². The fourth-order valence-corrected chi connectivity index (χ4v) is 4.01. The number of anilines is 2. The number of rotatable bonds is 3. The van der Waals surface area contributed by atoms with Crippen molar-refractivity contribution in [1.29, 1.82) is 0 Å². The summed E-state index contributed by atoms with van der Waals surface area (Å²) < 4.78 is 2.21. The SMILES string of the molecule is CC(=NN(C)c1ccc2c(c1)CCCN2C)c1ccc2ccccc2[n+]1C. The zero-order valence-corrected chi connectivity index (χ0v) is 16.6. The number of hydrogen-bond acceptors (Lipinski definition) is 3. The molecule has 2 heterocycles. The smallest absolute Gasteiger partial charge is 0.228 e. The van der Waals surface area contributed by atoms with E-state index >= 15 is 0 Å². The van der Waals surface area contributed by atoms with E-state index in [9.17, 15) is 0 Å². The van der Waals surface area contributed by atoms with E-state index in [4.69, 9.17) is 5.10 Å². The number of para-hydroxylation sites is 1. The van der Waals surface area contributed by atoms with E-state index in [0.717, 1.165) is 30.1 Å². The van der Waals surface area contributed by atoms with E-state index in [1.165, 1.54) is 28.6 Å². The van der Waals surface area contributed by atoms with Gasteiger partial charge in [-0.1, -0.05) is 12.1 Å². The monoisotopic (exact) mass is 359 g/mol. The van der Waals surface area contributed by atoms with Gasteiger partial charge < -0.3 is 4.90 Å².